The van der Waals surface area contributed by atoms with Crippen molar-refractivity contribution in [1.29, 1.82) is 0 Å². The molecule has 3 rings (SSSR count). The number of carbonyl (C=O) groups is 1. The van der Waals surface area contributed by atoms with Gasteiger partial charge in [0.2, 0.25) is 0 Å². The highest BCUT2D eigenvalue weighted by molar-refractivity contribution is 6.30. The molecule has 0 amide bonds. The van der Waals surface area contributed by atoms with Crippen LogP contribution in [0.15, 0.2) is 48.8 Å². The second-order valence-corrected chi connectivity index (χ2v) is 4.40. The van der Waals surface area contributed by atoms with Gasteiger partial charge in [0.05, 0.1) is 11.7 Å². The van der Waals surface area contributed by atoms with E-state index in [0.29, 0.717) is 10.6 Å². The predicted octanol–water partition coefficient (Wildman–Crippen LogP) is 3.47. The third kappa shape index (κ3) is 1.79. The average molecular weight is 257 g/mol. The van der Waals surface area contributed by atoms with E-state index in [-0.39, 0.29) is 0 Å². The zero-order valence-corrected chi connectivity index (χ0v) is 10.1. The quantitative estimate of drug-likeness (QED) is 0.658. The number of pyridine rings is 1. The first kappa shape index (κ1) is 11.0. The highest BCUT2D eigenvalue weighted by Gasteiger charge is 2.06. The van der Waals surface area contributed by atoms with Crippen LogP contribution < -0.4 is 0 Å². The van der Waals surface area contributed by atoms with Crippen LogP contribution in [0.3, 0.4) is 0 Å². The highest BCUT2D eigenvalue weighted by atomic mass is 35.5. The lowest BCUT2D eigenvalue weighted by Crippen LogP contribution is -1.90. The summed E-state index contributed by atoms with van der Waals surface area (Å²) in [6.45, 7) is 0. The summed E-state index contributed by atoms with van der Waals surface area (Å²) in [6.07, 6.45) is 4.42. The van der Waals surface area contributed by atoms with E-state index in [1.54, 1.807) is 18.3 Å². The molecule has 2 heterocycles. The molecule has 0 spiro atoms. The van der Waals surface area contributed by atoms with Crippen molar-refractivity contribution in [3.05, 3.63) is 59.4 Å². The third-order valence-electron chi connectivity index (χ3n) is 2.79. The highest BCUT2D eigenvalue weighted by Crippen LogP contribution is 2.21. The van der Waals surface area contributed by atoms with Gasteiger partial charge in [-0.2, -0.15) is 0 Å². The number of nitrogens with zero attached hydrogens (tertiary/aromatic N) is 2. The van der Waals surface area contributed by atoms with Gasteiger partial charge in [-0.05, 0) is 36.4 Å². The van der Waals surface area contributed by atoms with Gasteiger partial charge in [-0.1, -0.05) is 11.6 Å². The minimum Gasteiger partial charge on any atom is -0.300 e. The molecular weight excluding hydrogens is 248 g/mol. The molecule has 0 saturated heterocycles. The lowest BCUT2D eigenvalue weighted by Gasteiger charge is -2.02. The summed E-state index contributed by atoms with van der Waals surface area (Å²) in [7, 11) is 0. The Morgan fingerprint density at radius 3 is 2.67 bits per heavy atom. The topological polar surface area (TPSA) is 34.4 Å². The Labute approximate surface area is 109 Å². The minimum absolute atomic E-state index is 0.644. The predicted molar refractivity (Wildman–Crippen MR) is 71.0 cm³/mol. The maximum atomic E-state index is 10.7. The van der Waals surface area contributed by atoms with Gasteiger partial charge < -0.3 is 0 Å². The summed E-state index contributed by atoms with van der Waals surface area (Å²) < 4.78 is 1.94. The fraction of sp³-hybridized carbons (Fsp3) is 0. The van der Waals surface area contributed by atoms with Gasteiger partial charge in [0, 0.05) is 22.3 Å². The monoisotopic (exact) mass is 256 g/mol. The SMILES string of the molecule is O=Cc1ccn2c(-c3ccc(Cl)cc3)ncc2c1. The van der Waals surface area contributed by atoms with E-state index < -0.39 is 0 Å². The largest absolute Gasteiger partial charge is 0.300 e. The molecule has 0 atom stereocenters. The number of aromatic nitrogens is 2. The molecule has 0 N–H and O–H groups in total. The molecule has 0 unspecified atom stereocenters. The fourth-order valence-corrected chi connectivity index (χ4v) is 2.03. The van der Waals surface area contributed by atoms with Crippen molar-refractivity contribution in [3.63, 3.8) is 0 Å². The Bertz CT molecular complexity index is 716. The molecule has 18 heavy (non-hydrogen) atoms. The normalized spacial score (nSPS) is 10.7. The van der Waals surface area contributed by atoms with Crippen LogP contribution in [0, 0.1) is 0 Å². The molecule has 0 aliphatic heterocycles. The zero-order chi connectivity index (χ0) is 12.5. The van der Waals surface area contributed by atoms with E-state index in [2.05, 4.69) is 4.98 Å². The molecule has 2 aromatic heterocycles. The van der Waals surface area contributed by atoms with Gasteiger partial charge in [-0.3, -0.25) is 9.20 Å². The Morgan fingerprint density at radius 2 is 1.94 bits per heavy atom. The molecule has 4 heteroatoms. The molecule has 3 nitrogen and oxygen atoms in total. The molecule has 0 bridgehead atoms. The fourth-order valence-electron chi connectivity index (χ4n) is 1.90. The molecule has 1 aromatic carbocycles. The summed E-state index contributed by atoms with van der Waals surface area (Å²) in [6, 6.07) is 11.1. The lowest BCUT2D eigenvalue weighted by molar-refractivity contribution is 0.112. The van der Waals surface area contributed by atoms with Gasteiger partial charge in [0.1, 0.15) is 12.1 Å². The standard InChI is InChI=1S/C14H9ClN2O/c15-12-3-1-11(2-4-12)14-16-8-13-7-10(9-18)5-6-17(13)14/h1-9H. The molecular formula is C14H9ClN2O. The third-order valence-corrected chi connectivity index (χ3v) is 3.05. The number of hydrogen-bond acceptors (Lipinski definition) is 2. The van der Waals surface area contributed by atoms with Crippen molar-refractivity contribution >= 4 is 23.4 Å². The first-order valence-electron chi connectivity index (χ1n) is 5.46. The van der Waals surface area contributed by atoms with Gasteiger partial charge in [0.25, 0.3) is 0 Å². The molecule has 88 valence electrons. The summed E-state index contributed by atoms with van der Waals surface area (Å²) in [5, 5.41) is 0.697. The van der Waals surface area contributed by atoms with Gasteiger partial charge in [-0.15, -0.1) is 0 Å². The number of fused-ring (bicyclic) bond motifs is 1. The lowest BCUT2D eigenvalue weighted by atomic mass is 10.2. The molecule has 0 radical (unpaired) electrons. The van der Waals surface area contributed by atoms with Crippen molar-refractivity contribution in [3.8, 4) is 11.4 Å². The molecule has 3 aromatic rings. The first-order chi connectivity index (χ1) is 8.78. The number of rotatable bonds is 2. The molecule has 0 fully saturated rings. The van der Waals surface area contributed by atoms with Crippen LogP contribution in [-0.2, 0) is 0 Å². The van der Waals surface area contributed by atoms with Crippen LogP contribution in [0.5, 0.6) is 0 Å². The van der Waals surface area contributed by atoms with Crippen LogP contribution in [0.2, 0.25) is 5.02 Å². The molecule has 0 aliphatic carbocycles. The van der Waals surface area contributed by atoms with Crippen molar-refractivity contribution in [2.45, 2.75) is 0 Å². The molecule has 0 aliphatic rings. The summed E-state index contributed by atoms with van der Waals surface area (Å²) >= 11 is 5.86. The first-order valence-corrected chi connectivity index (χ1v) is 5.84. The maximum Gasteiger partial charge on any atom is 0.150 e. The second-order valence-electron chi connectivity index (χ2n) is 3.96. The van der Waals surface area contributed by atoms with E-state index >= 15 is 0 Å². The van der Waals surface area contributed by atoms with Crippen molar-refractivity contribution in [1.82, 2.24) is 9.38 Å². The van der Waals surface area contributed by atoms with E-state index in [1.165, 1.54) is 0 Å². The van der Waals surface area contributed by atoms with Crippen LogP contribution in [0.25, 0.3) is 16.9 Å². The Kier molecular flexibility index (Phi) is 2.61. The van der Waals surface area contributed by atoms with Crippen LogP contribution in [0.1, 0.15) is 10.4 Å². The van der Waals surface area contributed by atoms with Crippen LogP contribution >= 0.6 is 11.6 Å². The van der Waals surface area contributed by atoms with Crippen molar-refractivity contribution in [2.75, 3.05) is 0 Å². The number of hydrogen-bond donors (Lipinski definition) is 0. The van der Waals surface area contributed by atoms with Crippen molar-refractivity contribution < 1.29 is 4.79 Å². The summed E-state index contributed by atoms with van der Waals surface area (Å²) in [5.74, 6) is 0.833. The minimum atomic E-state index is 0.644. The summed E-state index contributed by atoms with van der Waals surface area (Å²) in [5.41, 5.74) is 2.52. The molecule has 0 saturated carbocycles. The smallest absolute Gasteiger partial charge is 0.150 e. The second kappa shape index (κ2) is 4.27. The van der Waals surface area contributed by atoms with Gasteiger partial charge in [-0.25, -0.2) is 4.98 Å². The number of benzene rings is 1. The Morgan fingerprint density at radius 1 is 1.17 bits per heavy atom. The number of aldehydes is 1. The zero-order valence-electron chi connectivity index (χ0n) is 9.38. The van der Waals surface area contributed by atoms with E-state index in [1.807, 2.05) is 34.9 Å². The van der Waals surface area contributed by atoms with Gasteiger partial charge in [0.15, 0.2) is 0 Å². The van der Waals surface area contributed by atoms with Crippen molar-refractivity contribution in [2.24, 2.45) is 0 Å². The van der Waals surface area contributed by atoms with E-state index in [0.717, 1.165) is 23.2 Å². The average Bonchev–Trinajstić information content (AvgIpc) is 2.82. The number of carbonyl (C=O) groups excluding carboxylic acids is 1. The number of imidazole rings is 1. The summed E-state index contributed by atoms with van der Waals surface area (Å²) in [4.78, 5) is 15.1. The van der Waals surface area contributed by atoms with E-state index in [4.69, 9.17) is 11.6 Å². The van der Waals surface area contributed by atoms with Gasteiger partial charge >= 0.3 is 0 Å². The van der Waals surface area contributed by atoms with Crippen LogP contribution in [-0.4, -0.2) is 15.7 Å². The van der Waals surface area contributed by atoms with E-state index in [9.17, 15) is 4.79 Å². The Hall–Kier alpha value is -2.13. The Balaban J connectivity index is 2.18. The van der Waals surface area contributed by atoms with Crippen LogP contribution in [0.4, 0.5) is 0 Å². The maximum absolute atomic E-state index is 10.7. The number of halogens is 1.